The molecule has 11 nitrogen and oxygen atoms in total. The van der Waals surface area contributed by atoms with Gasteiger partial charge in [-0.1, -0.05) is 75.9 Å². The van der Waals surface area contributed by atoms with Crippen LogP contribution in [-0.2, 0) is 26.1 Å². The second kappa shape index (κ2) is 18.9. The quantitative estimate of drug-likeness (QED) is 0.102. The van der Waals surface area contributed by atoms with Crippen LogP contribution in [0.15, 0.2) is 134 Å². The van der Waals surface area contributed by atoms with Gasteiger partial charge < -0.3 is 25.8 Å². The molecule has 0 saturated carbocycles. The van der Waals surface area contributed by atoms with Crippen molar-refractivity contribution in [2.45, 2.75) is 54.3 Å². The number of ether oxygens (including phenoxy) is 2. The van der Waals surface area contributed by atoms with Gasteiger partial charge in [0.15, 0.2) is 0 Å². The van der Waals surface area contributed by atoms with Crippen molar-refractivity contribution >= 4 is 50.5 Å². The topological polar surface area (TPSA) is 146 Å². The third kappa shape index (κ3) is 10.1. The van der Waals surface area contributed by atoms with E-state index in [0.717, 1.165) is 74.5 Å². The van der Waals surface area contributed by atoms with E-state index in [9.17, 15) is 0 Å². The molecular formula is C46H47N9O2. The van der Waals surface area contributed by atoms with Gasteiger partial charge in [-0.3, -0.25) is 9.97 Å². The Morgan fingerprint density at radius 3 is 1.54 bits per heavy atom. The molecule has 0 saturated heterocycles. The number of aryl methyl sites for hydroxylation is 3. The highest BCUT2D eigenvalue weighted by atomic mass is 16.5. The Morgan fingerprint density at radius 2 is 1.02 bits per heavy atom. The van der Waals surface area contributed by atoms with Crippen molar-refractivity contribution in [1.82, 2.24) is 29.9 Å². The Kier molecular flexibility index (Phi) is 13.1. The fourth-order valence-corrected chi connectivity index (χ4v) is 6.09. The first kappa shape index (κ1) is 39.6. The lowest BCUT2D eigenvalue weighted by Crippen LogP contribution is -2.01. The molecule has 0 fully saturated rings. The molecule has 0 aliphatic heterocycles. The fraction of sp³-hybridized carbons (Fsp3) is 0.174. The number of nitrogens with two attached hydrogens (primary N) is 1. The smallest absolute Gasteiger partial charge is 0.150 e. The van der Waals surface area contributed by atoms with Crippen molar-refractivity contribution in [3.63, 3.8) is 0 Å². The molecule has 4 aromatic carbocycles. The van der Waals surface area contributed by atoms with Crippen molar-refractivity contribution in [3.05, 3.63) is 162 Å². The summed E-state index contributed by atoms with van der Waals surface area (Å²) in [5.74, 6) is 4.47. The standard InChI is InChI=1S/C23H22N4O.C22H21N5O.CH4/c1-3-18-13-24-14-23(26-18)27-22-12-17(10-11-25-22)15-28-21-9-8-16(2)19-6-4-5-7-20(19)21;1-2-16-12-24-13-22(26-16)27-21-11-15(9-10-25-21)14-28-20-8-7-19(23)17-5-3-4-6-18(17)20;/h4-14H,3,15H2,1-2H3,(H,25,26,27);3-13H,2,14,23H2,1H3,(H,25,26,27);1H4. The number of aromatic nitrogens is 6. The molecule has 57 heavy (non-hydrogen) atoms. The summed E-state index contributed by atoms with van der Waals surface area (Å²) >= 11 is 0. The first-order valence-corrected chi connectivity index (χ1v) is 18.5. The number of pyridine rings is 2. The van der Waals surface area contributed by atoms with Crippen LogP contribution < -0.4 is 25.8 Å². The van der Waals surface area contributed by atoms with Crippen molar-refractivity contribution in [2.24, 2.45) is 0 Å². The van der Waals surface area contributed by atoms with Gasteiger partial charge in [0.25, 0.3) is 0 Å². The van der Waals surface area contributed by atoms with Crippen molar-refractivity contribution in [1.29, 1.82) is 0 Å². The molecule has 4 aromatic heterocycles. The number of hydrogen-bond donors (Lipinski definition) is 3. The van der Waals surface area contributed by atoms with Crippen LogP contribution in [0.5, 0.6) is 11.5 Å². The second-order valence-electron chi connectivity index (χ2n) is 13.0. The molecule has 4 heterocycles. The predicted octanol–water partition coefficient (Wildman–Crippen LogP) is 10.3. The molecule has 0 atom stereocenters. The monoisotopic (exact) mass is 757 g/mol. The Bertz CT molecular complexity index is 2400. The Labute approximate surface area is 333 Å². The normalized spacial score (nSPS) is 10.6. The summed E-state index contributed by atoms with van der Waals surface area (Å²) in [6, 6.07) is 32.0. The minimum absolute atomic E-state index is 0. The predicted molar refractivity (Wildman–Crippen MR) is 230 cm³/mol. The molecular weight excluding hydrogens is 711 g/mol. The molecule has 0 spiro atoms. The molecule has 0 radical (unpaired) electrons. The highest BCUT2D eigenvalue weighted by molar-refractivity contribution is 5.97. The van der Waals surface area contributed by atoms with Gasteiger partial charge in [-0.05, 0) is 84.3 Å². The van der Waals surface area contributed by atoms with Gasteiger partial charge in [-0.25, -0.2) is 19.9 Å². The van der Waals surface area contributed by atoms with Crippen LogP contribution in [0.25, 0.3) is 21.5 Å². The van der Waals surface area contributed by atoms with E-state index in [1.807, 2.05) is 79.7 Å². The van der Waals surface area contributed by atoms with Crippen LogP contribution in [0.1, 0.15) is 49.4 Å². The first-order chi connectivity index (χ1) is 27.4. The number of benzene rings is 4. The number of fused-ring (bicyclic) bond motifs is 2. The third-order valence-electron chi connectivity index (χ3n) is 9.06. The van der Waals surface area contributed by atoms with E-state index in [-0.39, 0.29) is 7.43 Å². The summed E-state index contributed by atoms with van der Waals surface area (Å²) in [6.45, 7) is 7.10. The summed E-state index contributed by atoms with van der Waals surface area (Å²) in [5, 5.41) is 10.7. The molecule has 8 aromatic rings. The largest absolute Gasteiger partial charge is 0.488 e. The van der Waals surface area contributed by atoms with Gasteiger partial charge >= 0.3 is 0 Å². The third-order valence-corrected chi connectivity index (χ3v) is 9.06. The number of nitrogens with one attached hydrogen (secondary N) is 2. The van der Waals surface area contributed by atoms with Crippen LogP contribution in [0, 0.1) is 6.92 Å². The van der Waals surface area contributed by atoms with Crippen LogP contribution in [0.3, 0.4) is 0 Å². The first-order valence-electron chi connectivity index (χ1n) is 18.5. The minimum atomic E-state index is 0. The SMILES string of the molecule is C.CCc1cncc(Nc2cc(COc3ccc(C)c4ccccc34)ccn2)n1.CCc1cncc(Nc2cc(COc3ccc(N)c4ccccc34)ccn2)n1. The summed E-state index contributed by atoms with van der Waals surface area (Å²) < 4.78 is 12.2. The van der Waals surface area contributed by atoms with E-state index < -0.39 is 0 Å². The van der Waals surface area contributed by atoms with Crippen molar-refractivity contribution < 1.29 is 9.47 Å². The average Bonchev–Trinajstić information content (AvgIpc) is 3.24. The highest BCUT2D eigenvalue weighted by Crippen LogP contribution is 2.31. The molecule has 4 N–H and O–H groups in total. The van der Waals surface area contributed by atoms with E-state index in [1.54, 1.807) is 37.2 Å². The zero-order valence-electron chi connectivity index (χ0n) is 31.6. The summed E-state index contributed by atoms with van der Waals surface area (Å²) in [7, 11) is 0. The summed E-state index contributed by atoms with van der Waals surface area (Å²) in [6.07, 6.45) is 12.1. The van der Waals surface area contributed by atoms with Gasteiger partial charge in [-0.2, -0.15) is 0 Å². The van der Waals surface area contributed by atoms with Crippen molar-refractivity contribution in [2.75, 3.05) is 16.4 Å². The van der Waals surface area contributed by atoms with E-state index in [1.165, 1.54) is 10.9 Å². The lowest BCUT2D eigenvalue weighted by atomic mass is 10.0. The molecule has 288 valence electrons. The van der Waals surface area contributed by atoms with Gasteiger partial charge in [0.05, 0.1) is 23.8 Å². The molecule has 0 unspecified atom stereocenters. The average molecular weight is 758 g/mol. The minimum Gasteiger partial charge on any atom is -0.488 e. The number of hydrogen-bond acceptors (Lipinski definition) is 11. The Balaban J connectivity index is 0.000000189. The van der Waals surface area contributed by atoms with E-state index in [0.29, 0.717) is 30.7 Å². The molecule has 8 rings (SSSR count). The molecule has 11 heteroatoms. The molecule has 0 aliphatic carbocycles. The van der Waals surface area contributed by atoms with Crippen LogP contribution in [0.4, 0.5) is 29.0 Å². The number of rotatable bonds is 12. The maximum absolute atomic E-state index is 6.12. The zero-order chi connectivity index (χ0) is 38.7. The number of anilines is 5. The molecule has 0 bridgehead atoms. The maximum atomic E-state index is 6.12. The van der Waals surface area contributed by atoms with Crippen LogP contribution in [-0.4, -0.2) is 29.9 Å². The van der Waals surface area contributed by atoms with Crippen LogP contribution >= 0.6 is 0 Å². The summed E-state index contributed by atoms with van der Waals surface area (Å²) in [4.78, 5) is 26.1. The Morgan fingerprint density at radius 1 is 0.544 bits per heavy atom. The zero-order valence-corrected chi connectivity index (χ0v) is 31.6. The van der Waals surface area contributed by atoms with Crippen molar-refractivity contribution in [3.8, 4) is 11.5 Å². The lowest BCUT2D eigenvalue weighted by molar-refractivity contribution is 0.310. The van der Waals surface area contributed by atoms with Gasteiger partial charge in [0.1, 0.15) is 48.0 Å². The van der Waals surface area contributed by atoms with E-state index >= 15 is 0 Å². The maximum Gasteiger partial charge on any atom is 0.150 e. The van der Waals surface area contributed by atoms with Gasteiger partial charge in [0.2, 0.25) is 0 Å². The number of nitrogen functional groups attached to an aromatic ring is 1. The Hall–Kier alpha value is -7.14. The van der Waals surface area contributed by atoms with Crippen LogP contribution in [0.2, 0.25) is 0 Å². The lowest BCUT2D eigenvalue weighted by Gasteiger charge is -2.12. The summed E-state index contributed by atoms with van der Waals surface area (Å²) in [5.41, 5.74) is 11.9. The van der Waals surface area contributed by atoms with E-state index in [4.69, 9.17) is 15.2 Å². The fourth-order valence-electron chi connectivity index (χ4n) is 6.09. The number of nitrogens with zero attached hydrogens (tertiary/aromatic N) is 6. The molecule has 0 aliphatic rings. The van der Waals surface area contributed by atoms with Gasteiger partial charge in [0, 0.05) is 46.6 Å². The van der Waals surface area contributed by atoms with Gasteiger partial charge in [-0.15, -0.1) is 0 Å². The van der Waals surface area contributed by atoms with E-state index in [2.05, 4.69) is 78.7 Å². The second-order valence-corrected chi connectivity index (χ2v) is 13.0. The molecule has 0 amide bonds. The highest BCUT2D eigenvalue weighted by Gasteiger charge is 2.08.